The van der Waals surface area contributed by atoms with E-state index in [1.807, 2.05) is 19.9 Å². The van der Waals surface area contributed by atoms with Crippen LogP contribution in [0.3, 0.4) is 0 Å². The Hall–Kier alpha value is -2.29. The average Bonchev–Trinajstić information content (AvgIpc) is 2.91. The summed E-state index contributed by atoms with van der Waals surface area (Å²) in [4.78, 5) is 0. The van der Waals surface area contributed by atoms with Crippen molar-refractivity contribution in [1.29, 1.82) is 0 Å². The Kier molecular flexibility index (Phi) is 6.59. The van der Waals surface area contributed by atoms with Crippen molar-refractivity contribution in [2.24, 2.45) is 0 Å². The van der Waals surface area contributed by atoms with Gasteiger partial charge in [-0.2, -0.15) is 18.3 Å². The van der Waals surface area contributed by atoms with E-state index < -0.39 is 11.7 Å². The molecule has 1 heterocycles. The Morgan fingerprint density at radius 2 is 1.80 bits per heavy atom. The molecule has 2 N–H and O–H groups in total. The SMILES string of the molecule is Cc1nn(Cc2ccc(Cl)c(Cl)c2)c(C)c1NC(=S)Nc1cccc(C(F)(F)F)c1. The first kappa shape index (κ1) is 22.4. The van der Waals surface area contributed by atoms with Gasteiger partial charge in [-0.3, -0.25) is 4.68 Å². The van der Waals surface area contributed by atoms with Gasteiger partial charge in [0, 0.05) is 5.69 Å². The summed E-state index contributed by atoms with van der Waals surface area (Å²) in [5.41, 5.74) is 2.59. The summed E-state index contributed by atoms with van der Waals surface area (Å²) in [6.45, 7) is 4.15. The lowest BCUT2D eigenvalue weighted by molar-refractivity contribution is -0.137. The summed E-state index contributed by atoms with van der Waals surface area (Å²) in [5, 5.41) is 11.4. The molecule has 0 aliphatic heterocycles. The standard InChI is InChI=1S/C20H17Cl2F3N4S/c1-11-18(12(2)29(28-11)10-13-6-7-16(21)17(22)8-13)27-19(30)26-15-5-3-4-14(9-15)20(23,24)25/h3-9H,10H2,1-2H3,(H2,26,27,30). The maximum absolute atomic E-state index is 12.9. The van der Waals surface area contributed by atoms with Crippen LogP contribution in [0.15, 0.2) is 42.5 Å². The molecule has 0 aliphatic rings. The van der Waals surface area contributed by atoms with Crippen LogP contribution in [0.2, 0.25) is 10.0 Å². The van der Waals surface area contributed by atoms with Gasteiger partial charge in [0.25, 0.3) is 0 Å². The van der Waals surface area contributed by atoms with Crippen molar-refractivity contribution in [2.75, 3.05) is 10.6 Å². The van der Waals surface area contributed by atoms with E-state index in [2.05, 4.69) is 15.7 Å². The third-order valence-electron chi connectivity index (χ3n) is 4.38. The van der Waals surface area contributed by atoms with Gasteiger partial charge in [-0.05, 0) is 62.0 Å². The molecule has 158 valence electrons. The molecule has 0 saturated carbocycles. The quantitative estimate of drug-likeness (QED) is 0.415. The average molecular weight is 473 g/mol. The highest BCUT2D eigenvalue weighted by atomic mass is 35.5. The van der Waals surface area contributed by atoms with Crippen LogP contribution in [0.1, 0.15) is 22.5 Å². The van der Waals surface area contributed by atoms with Crippen LogP contribution in [0.4, 0.5) is 24.5 Å². The first-order valence-electron chi connectivity index (χ1n) is 8.78. The zero-order valence-electron chi connectivity index (χ0n) is 15.9. The van der Waals surface area contributed by atoms with Crippen LogP contribution in [-0.2, 0) is 12.7 Å². The predicted molar refractivity (Wildman–Crippen MR) is 119 cm³/mol. The zero-order chi connectivity index (χ0) is 22.1. The molecule has 0 bridgehead atoms. The highest BCUT2D eigenvalue weighted by molar-refractivity contribution is 7.80. The molecule has 1 aromatic heterocycles. The maximum Gasteiger partial charge on any atom is 0.416 e. The highest BCUT2D eigenvalue weighted by Gasteiger charge is 2.30. The number of hydrogen-bond donors (Lipinski definition) is 2. The molecule has 0 radical (unpaired) electrons. The molecule has 0 aliphatic carbocycles. The molecule has 0 spiro atoms. The number of benzene rings is 2. The summed E-state index contributed by atoms with van der Waals surface area (Å²) >= 11 is 17.3. The topological polar surface area (TPSA) is 41.9 Å². The third-order valence-corrected chi connectivity index (χ3v) is 5.33. The number of anilines is 2. The molecule has 0 unspecified atom stereocenters. The molecule has 3 rings (SSSR count). The van der Waals surface area contributed by atoms with Crippen LogP contribution in [0, 0.1) is 13.8 Å². The Bertz CT molecular complexity index is 1100. The zero-order valence-corrected chi connectivity index (χ0v) is 18.3. The van der Waals surface area contributed by atoms with Crippen LogP contribution < -0.4 is 10.6 Å². The van der Waals surface area contributed by atoms with Crippen LogP contribution >= 0.6 is 35.4 Å². The fraction of sp³-hybridized carbons (Fsp3) is 0.200. The van der Waals surface area contributed by atoms with Crippen LogP contribution in [0.5, 0.6) is 0 Å². The van der Waals surface area contributed by atoms with Crippen molar-refractivity contribution < 1.29 is 13.2 Å². The number of nitrogens with one attached hydrogen (secondary N) is 2. The lowest BCUT2D eigenvalue weighted by Crippen LogP contribution is -2.20. The molecular weight excluding hydrogens is 456 g/mol. The normalized spacial score (nSPS) is 11.4. The fourth-order valence-electron chi connectivity index (χ4n) is 2.89. The minimum Gasteiger partial charge on any atom is -0.332 e. The van der Waals surface area contributed by atoms with Gasteiger partial charge in [0.05, 0.1) is 39.2 Å². The summed E-state index contributed by atoms with van der Waals surface area (Å²) in [7, 11) is 0. The summed E-state index contributed by atoms with van der Waals surface area (Å²) in [6, 6.07) is 10.2. The number of rotatable bonds is 4. The van der Waals surface area contributed by atoms with Crippen molar-refractivity contribution in [2.45, 2.75) is 26.6 Å². The maximum atomic E-state index is 12.9. The van der Waals surface area contributed by atoms with Gasteiger partial charge in [0.1, 0.15) is 0 Å². The Morgan fingerprint density at radius 1 is 1.07 bits per heavy atom. The van der Waals surface area contributed by atoms with Crippen molar-refractivity contribution in [3.63, 3.8) is 0 Å². The number of alkyl halides is 3. The van der Waals surface area contributed by atoms with Crippen LogP contribution in [-0.4, -0.2) is 14.9 Å². The van der Waals surface area contributed by atoms with Gasteiger partial charge in [-0.25, -0.2) is 0 Å². The minimum absolute atomic E-state index is 0.162. The molecule has 10 heteroatoms. The number of nitrogens with zero attached hydrogens (tertiary/aromatic N) is 2. The van der Waals surface area contributed by atoms with Gasteiger partial charge in [0.2, 0.25) is 0 Å². The van der Waals surface area contributed by atoms with Gasteiger partial charge in [0.15, 0.2) is 5.11 Å². The second kappa shape index (κ2) is 8.83. The molecular formula is C20H17Cl2F3N4S. The highest BCUT2D eigenvalue weighted by Crippen LogP contribution is 2.31. The smallest absolute Gasteiger partial charge is 0.332 e. The van der Waals surface area contributed by atoms with Gasteiger partial charge >= 0.3 is 6.18 Å². The lowest BCUT2D eigenvalue weighted by Gasteiger charge is -2.13. The van der Waals surface area contributed by atoms with E-state index in [0.29, 0.717) is 28.0 Å². The summed E-state index contributed by atoms with van der Waals surface area (Å²) in [5.74, 6) is 0. The molecule has 0 atom stereocenters. The first-order valence-corrected chi connectivity index (χ1v) is 9.94. The van der Waals surface area contributed by atoms with Gasteiger partial charge < -0.3 is 10.6 Å². The van der Waals surface area contributed by atoms with E-state index in [4.69, 9.17) is 35.4 Å². The first-order chi connectivity index (χ1) is 14.0. The Labute approximate surface area is 187 Å². The number of halogens is 5. The van der Waals surface area contributed by atoms with E-state index >= 15 is 0 Å². The van der Waals surface area contributed by atoms with E-state index in [1.54, 1.807) is 16.8 Å². The molecule has 30 heavy (non-hydrogen) atoms. The number of aryl methyl sites for hydroxylation is 1. The van der Waals surface area contributed by atoms with E-state index in [1.165, 1.54) is 12.1 Å². The lowest BCUT2D eigenvalue weighted by atomic mass is 10.2. The molecule has 2 aromatic carbocycles. The number of thiocarbonyl (C=S) groups is 1. The summed E-state index contributed by atoms with van der Waals surface area (Å²) < 4.78 is 40.4. The van der Waals surface area contributed by atoms with Crippen molar-refractivity contribution >= 4 is 51.9 Å². The van der Waals surface area contributed by atoms with Crippen molar-refractivity contribution in [3.8, 4) is 0 Å². The summed E-state index contributed by atoms with van der Waals surface area (Å²) in [6.07, 6.45) is -4.42. The van der Waals surface area contributed by atoms with Crippen LogP contribution in [0.25, 0.3) is 0 Å². The monoisotopic (exact) mass is 472 g/mol. The number of aromatic nitrogens is 2. The van der Waals surface area contributed by atoms with Gasteiger partial charge in [-0.15, -0.1) is 0 Å². The van der Waals surface area contributed by atoms with Crippen molar-refractivity contribution in [3.05, 3.63) is 75.0 Å². The largest absolute Gasteiger partial charge is 0.416 e. The van der Waals surface area contributed by atoms with E-state index in [0.717, 1.165) is 23.4 Å². The second-order valence-electron chi connectivity index (χ2n) is 6.61. The van der Waals surface area contributed by atoms with Gasteiger partial charge in [-0.1, -0.05) is 35.3 Å². The van der Waals surface area contributed by atoms with E-state index in [-0.39, 0.29) is 10.8 Å². The Morgan fingerprint density at radius 3 is 2.47 bits per heavy atom. The molecule has 4 nitrogen and oxygen atoms in total. The van der Waals surface area contributed by atoms with Crippen molar-refractivity contribution in [1.82, 2.24) is 9.78 Å². The Balaban J connectivity index is 1.74. The molecule has 0 fully saturated rings. The fourth-order valence-corrected chi connectivity index (χ4v) is 3.43. The van der Waals surface area contributed by atoms with E-state index in [9.17, 15) is 13.2 Å². The molecule has 3 aromatic rings. The molecule has 0 saturated heterocycles. The molecule has 0 amide bonds. The minimum atomic E-state index is -4.42. The second-order valence-corrected chi connectivity index (χ2v) is 7.83. The third kappa shape index (κ3) is 5.24. The predicted octanol–water partition coefficient (Wildman–Crippen LogP) is 6.68. The number of hydrogen-bond acceptors (Lipinski definition) is 2.